The van der Waals surface area contributed by atoms with Gasteiger partial charge in [-0.1, -0.05) is 26.2 Å². The molecule has 1 atom stereocenters. The Morgan fingerprint density at radius 2 is 2.00 bits per heavy atom. The van der Waals surface area contributed by atoms with Gasteiger partial charge in [-0.25, -0.2) is 0 Å². The molecule has 0 radical (unpaired) electrons. The molecule has 0 bridgehead atoms. The maximum absolute atomic E-state index is 8.44. The standard InChI is InChI=1S/C6H14O.C5H10O2/c1-2-3-4-5-6-7;6-4-5-2-1-3-7-5/h7H,2-6H2,1H3;5-6H,1-4H2. The summed E-state index contributed by atoms with van der Waals surface area (Å²) < 4.78 is 5.05. The molecule has 3 heteroatoms. The SMILES string of the molecule is CCCCCCO.OCC1CCCO1. The van der Waals surface area contributed by atoms with Crippen molar-refractivity contribution in [3.05, 3.63) is 0 Å². The molecule has 0 saturated carbocycles. The predicted molar refractivity (Wildman–Crippen MR) is 57.3 cm³/mol. The minimum absolute atomic E-state index is 0.153. The Morgan fingerprint density at radius 1 is 1.21 bits per heavy atom. The van der Waals surface area contributed by atoms with E-state index >= 15 is 0 Å². The molecule has 1 rings (SSSR count). The molecule has 1 aliphatic heterocycles. The zero-order valence-electron chi connectivity index (χ0n) is 9.24. The first-order chi connectivity index (χ1) is 6.85. The van der Waals surface area contributed by atoms with Crippen LogP contribution in [-0.4, -0.2) is 36.1 Å². The highest BCUT2D eigenvalue weighted by Gasteiger charge is 2.12. The van der Waals surface area contributed by atoms with Gasteiger partial charge in [0, 0.05) is 13.2 Å². The van der Waals surface area contributed by atoms with Crippen LogP contribution in [0, 0.1) is 0 Å². The lowest BCUT2D eigenvalue weighted by molar-refractivity contribution is 0.0591. The first-order valence-corrected chi connectivity index (χ1v) is 5.68. The zero-order chi connectivity index (χ0) is 10.6. The highest BCUT2D eigenvalue weighted by molar-refractivity contribution is 4.61. The van der Waals surface area contributed by atoms with Crippen molar-refractivity contribution in [2.45, 2.75) is 51.6 Å². The lowest BCUT2D eigenvalue weighted by Crippen LogP contribution is -2.09. The molecule has 0 aromatic carbocycles. The predicted octanol–water partition coefficient (Wildman–Crippen LogP) is 1.72. The molecule has 0 amide bonds. The smallest absolute Gasteiger partial charge is 0.0806 e. The molecule has 1 fully saturated rings. The minimum Gasteiger partial charge on any atom is -0.396 e. The Balaban J connectivity index is 0.000000241. The van der Waals surface area contributed by atoms with Crippen LogP contribution in [-0.2, 0) is 4.74 Å². The van der Waals surface area contributed by atoms with Crippen molar-refractivity contribution < 1.29 is 14.9 Å². The van der Waals surface area contributed by atoms with Crippen molar-refractivity contribution in [1.29, 1.82) is 0 Å². The van der Waals surface area contributed by atoms with Gasteiger partial charge < -0.3 is 14.9 Å². The highest BCUT2D eigenvalue weighted by atomic mass is 16.5. The van der Waals surface area contributed by atoms with Gasteiger partial charge in [-0.05, 0) is 19.3 Å². The molecule has 0 spiro atoms. The van der Waals surface area contributed by atoms with Crippen molar-refractivity contribution in [2.75, 3.05) is 19.8 Å². The van der Waals surface area contributed by atoms with Crippen molar-refractivity contribution in [3.63, 3.8) is 0 Å². The third-order valence-electron chi connectivity index (χ3n) is 2.24. The van der Waals surface area contributed by atoms with Crippen LogP contribution < -0.4 is 0 Å². The van der Waals surface area contributed by atoms with E-state index in [9.17, 15) is 0 Å². The largest absolute Gasteiger partial charge is 0.396 e. The van der Waals surface area contributed by atoms with E-state index in [1.54, 1.807) is 0 Å². The molecule has 3 nitrogen and oxygen atoms in total. The lowest BCUT2D eigenvalue weighted by atomic mass is 10.2. The Bertz CT molecular complexity index is 96.7. The fourth-order valence-corrected chi connectivity index (χ4v) is 1.33. The van der Waals surface area contributed by atoms with Crippen molar-refractivity contribution >= 4 is 0 Å². The second-order valence-electron chi connectivity index (χ2n) is 3.60. The van der Waals surface area contributed by atoms with Gasteiger partial charge >= 0.3 is 0 Å². The van der Waals surface area contributed by atoms with Crippen LogP contribution >= 0.6 is 0 Å². The number of hydrogen-bond donors (Lipinski definition) is 2. The molecular weight excluding hydrogens is 180 g/mol. The zero-order valence-corrected chi connectivity index (χ0v) is 9.24. The summed E-state index contributed by atoms with van der Waals surface area (Å²) in [5, 5.41) is 16.7. The van der Waals surface area contributed by atoms with Gasteiger partial charge in [-0.15, -0.1) is 0 Å². The van der Waals surface area contributed by atoms with Gasteiger partial charge in [0.15, 0.2) is 0 Å². The van der Waals surface area contributed by atoms with Gasteiger partial charge in [0.1, 0.15) is 0 Å². The fourth-order valence-electron chi connectivity index (χ4n) is 1.33. The van der Waals surface area contributed by atoms with Crippen LogP contribution in [0.25, 0.3) is 0 Å². The Labute approximate surface area is 87.1 Å². The summed E-state index contributed by atoms with van der Waals surface area (Å²) in [6.45, 7) is 3.56. The summed E-state index contributed by atoms with van der Waals surface area (Å²) in [7, 11) is 0. The molecule has 0 aliphatic carbocycles. The van der Waals surface area contributed by atoms with Crippen LogP contribution in [0.2, 0.25) is 0 Å². The van der Waals surface area contributed by atoms with E-state index in [2.05, 4.69) is 6.92 Å². The first kappa shape index (κ1) is 13.9. The lowest BCUT2D eigenvalue weighted by Gasteiger charge is -2.00. The summed E-state index contributed by atoms with van der Waals surface area (Å²) in [4.78, 5) is 0. The molecule has 86 valence electrons. The maximum Gasteiger partial charge on any atom is 0.0806 e. The molecule has 1 heterocycles. The number of aliphatic hydroxyl groups is 2. The van der Waals surface area contributed by atoms with Gasteiger partial charge in [-0.2, -0.15) is 0 Å². The number of ether oxygens (including phenoxy) is 1. The van der Waals surface area contributed by atoms with Crippen molar-refractivity contribution in [3.8, 4) is 0 Å². The van der Waals surface area contributed by atoms with Crippen LogP contribution in [0.5, 0.6) is 0 Å². The van der Waals surface area contributed by atoms with E-state index in [-0.39, 0.29) is 12.7 Å². The Morgan fingerprint density at radius 3 is 2.36 bits per heavy atom. The average Bonchev–Trinajstić information content (AvgIpc) is 2.72. The minimum atomic E-state index is 0.153. The highest BCUT2D eigenvalue weighted by Crippen LogP contribution is 2.09. The number of unbranched alkanes of at least 4 members (excludes halogenated alkanes) is 3. The molecule has 1 unspecified atom stereocenters. The van der Waals surface area contributed by atoms with Crippen LogP contribution in [0.15, 0.2) is 0 Å². The molecule has 2 N–H and O–H groups in total. The third kappa shape index (κ3) is 8.48. The van der Waals surface area contributed by atoms with Gasteiger partial charge in [0.2, 0.25) is 0 Å². The van der Waals surface area contributed by atoms with Crippen LogP contribution in [0.4, 0.5) is 0 Å². The number of aliphatic hydroxyl groups excluding tert-OH is 2. The third-order valence-corrected chi connectivity index (χ3v) is 2.24. The average molecular weight is 204 g/mol. The summed E-state index contributed by atoms with van der Waals surface area (Å²) in [5.41, 5.74) is 0. The van der Waals surface area contributed by atoms with Gasteiger partial charge in [-0.3, -0.25) is 0 Å². The molecular formula is C11H24O3. The molecule has 14 heavy (non-hydrogen) atoms. The molecule has 1 aliphatic rings. The normalized spacial score (nSPS) is 20.4. The second-order valence-corrected chi connectivity index (χ2v) is 3.60. The Hall–Kier alpha value is -0.120. The fraction of sp³-hybridized carbons (Fsp3) is 1.00. The van der Waals surface area contributed by atoms with Crippen LogP contribution in [0.3, 0.4) is 0 Å². The van der Waals surface area contributed by atoms with Crippen molar-refractivity contribution in [1.82, 2.24) is 0 Å². The summed E-state index contributed by atoms with van der Waals surface area (Å²) in [5.74, 6) is 0. The van der Waals surface area contributed by atoms with E-state index in [1.165, 1.54) is 19.3 Å². The van der Waals surface area contributed by atoms with E-state index < -0.39 is 0 Å². The topological polar surface area (TPSA) is 49.7 Å². The van der Waals surface area contributed by atoms with Gasteiger partial charge in [0.05, 0.1) is 12.7 Å². The van der Waals surface area contributed by atoms with E-state index in [0.29, 0.717) is 6.61 Å². The van der Waals surface area contributed by atoms with E-state index in [0.717, 1.165) is 25.9 Å². The summed E-state index contributed by atoms with van der Waals surface area (Å²) in [6, 6.07) is 0. The summed E-state index contributed by atoms with van der Waals surface area (Å²) in [6.07, 6.45) is 6.99. The molecule has 0 aromatic heterocycles. The van der Waals surface area contributed by atoms with Gasteiger partial charge in [0.25, 0.3) is 0 Å². The monoisotopic (exact) mass is 204 g/mol. The Kier molecular flexibility index (Phi) is 10.9. The number of hydrogen-bond acceptors (Lipinski definition) is 3. The summed E-state index contributed by atoms with van der Waals surface area (Å²) >= 11 is 0. The maximum atomic E-state index is 8.44. The van der Waals surface area contributed by atoms with Crippen molar-refractivity contribution in [2.24, 2.45) is 0 Å². The second kappa shape index (κ2) is 11.0. The van der Waals surface area contributed by atoms with E-state index in [1.807, 2.05) is 0 Å². The van der Waals surface area contributed by atoms with Crippen LogP contribution in [0.1, 0.15) is 45.4 Å². The molecule has 0 aromatic rings. The quantitative estimate of drug-likeness (QED) is 0.670. The number of rotatable bonds is 5. The molecule has 1 saturated heterocycles. The van der Waals surface area contributed by atoms with E-state index in [4.69, 9.17) is 14.9 Å². The first-order valence-electron chi connectivity index (χ1n) is 5.68.